The molecule has 0 fully saturated rings. The van der Waals surface area contributed by atoms with E-state index in [-0.39, 0.29) is 0 Å². The van der Waals surface area contributed by atoms with Crippen molar-refractivity contribution in [3.05, 3.63) is 53.7 Å². The van der Waals surface area contributed by atoms with Crippen molar-refractivity contribution >= 4 is 22.7 Å². The summed E-state index contributed by atoms with van der Waals surface area (Å²) < 4.78 is 2.93. The van der Waals surface area contributed by atoms with Crippen molar-refractivity contribution in [3.63, 3.8) is 0 Å². The highest BCUT2D eigenvalue weighted by Gasteiger charge is 2.33. The van der Waals surface area contributed by atoms with Gasteiger partial charge in [-0.1, -0.05) is 25.5 Å². The highest BCUT2D eigenvalue weighted by Crippen LogP contribution is 2.42. The van der Waals surface area contributed by atoms with Crippen molar-refractivity contribution in [1.29, 1.82) is 0 Å². The van der Waals surface area contributed by atoms with Crippen LogP contribution in [0.1, 0.15) is 32.6 Å². The van der Waals surface area contributed by atoms with Crippen LogP contribution in [0, 0.1) is 35.8 Å². The van der Waals surface area contributed by atoms with Gasteiger partial charge in [0.2, 0.25) is 0 Å². The number of hydrogen-bond donors (Lipinski definition) is 0. The van der Waals surface area contributed by atoms with Gasteiger partial charge in [0.15, 0.2) is 5.21 Å². The Balaban J connectivity index is 2.53. The molecule has 16 nitrogen and oxygen atoms in total. The first-order valence-electron chi connectivity index (χ1n) is 8.32. The summed E-state index contributed by atoms with van der Waals surface area (Å²) in [5, 5.41) is 48.5. The molecule has 0 N–H and O–H groups in total. The van der Waals surface area contributed by atoms with Gasteiger partial charge in [0.25, 0.3) is 22.9 Å². The van der Waals surface area contributed by atoms with Gasteiger partial charge in [0, 0.05) is 0 Å². The normalized spacial score (nSPS) is 12.7. The molecule has 0 aliphatic carbocycles. The largest absolute Gasteiger partial charge is 0.367 e. The van der Waals surface area contributed by atoms with E-state index in [0.29, 0.717) is 18.0 Å². The zero-order valence-corrected chi connectivity index (χ0v) is 16.7. The molecule has 2 aromatic rings. The highest BCUT2D eigenvalue weighted by molar-refractivity contribution is 5.73. The second-order valence-corrected chi connectivity index (χ2v) is 7.26. The standard InChI is InChI=1S/C14H18N10O6/c1-14(2,3)12(13-20(4)18-19-21(13)5)16-17-15-11-9(23(27)28)6-8(22(25)26)7-10(11)24(29)30/h6-7,12H,1-5H3. The molecule has 0 aliphatic rings. The van der Waals surface area contributed by atoms with E-state index >= 15 is 0 Å². The van der Waals surface area contributed by atoms with Crippen LogP contribution in [0.5, 0.6) is 0 Å². The van der Waals surface area contributed by atoms with E-state index in [1.165, 1.54) is 9.36 Å². The SMILES string of the molecule is Cn1nn[n+](C)c1C([N-]N=Nc1c([N+](=O)[O-])cc([N+](=O)[O-])cc1[N+](=O)[O-])C(C)(C)C. The Morgan fingerprint density at radius 2 is 1.63 bits per heavy atom. The summed E-state index contributed by atoms with van der Waals surface area (Å²) in [6.45, 7) is 5.54. The van der Waals surface area contributed by atoms with Gasteiger partial charge in [-0.25, -0.2) is 0 Å². The summed E-state index contributed by atoms with van der Waals surface area (Å²) in [4.78, 5) is 30.6. The van der Waals surface area contributed by atoms with E-state index in [9.17, 15) is 30.3 Å². The van der Waals surface area contributed by atoms with Crippen LogP contribution in [-0.4, -0.2) is 29.9 Å². The summed E-state index contributed by atoms with van der Waals surface area (Å²) in [6, 6.07) is 0.490. The molecule has 1 heterocycles. The zero-order chi connectivity index (χ0) is 22.8. The van der Waals surface area contributed by atoms with Gasteiger partial charge in [-0.2, -0.15) is 0 Å². The molecule has 0 spiro atoms. The molecule has 0 saturated heterocycles. The summed E-state index contributed by atoms with van der Waals surface area (Å²) in [6.07, 6.45) is 0. The fraction of sp³-hybridized carbons (Fsp3) is 0.500. The fourth-order valence-corrected chi connectivity index (χ4v) is 2.59. The van der Waals surface area contributed by atoms with E-state index < -0.39 is 49.0 Å². The predicted octanol–water partition coefficient (Wildman–Crippen LogP) is 2.52. The van der Waals surface area contributed by atoms with Crippen molar-refractivity contribution < 1.29 is 19.5 Å². The number of tetrazole rings is 1. The molecular weight excluding hydrogens is 404 g/mol. The number of rotatable bonds is 7. The summed E-state index contributed by atoms with van der Waals surface area (Å²) in [7, 11) is 3.28. The molecule has 16 heteroatoms. The monoisotopic (exact) mass is 422 g/mol. The number of aryl methyl sites for hydroxylation is 2. The number of nitrogens with zero attached hydrogens (tertiary/aromatic N) is 10. The van der Waals surface area contributed by atoms with E-state index in [2.05, 4.69) is 26.2 Å². The first kappa shape index (κ1) is 22.2. The molecule has 30 heavy (non-hydrogen) atoms. The molecule has 1 atom stereocenters. The third-order valence-electron chi connectivity index (χ3n) is 4.01. The maximum Gasteiger partial charge on any atom is 0.287 e. The number of aromatic nitrogens is 4. The number of nitro groups is 3. The number of nitro benzene ring substituents is 3. The molecule has 1 aromatic heterocycles. The van der Waals surface area contributed by atoms with Crippen molar-refractivity contribution in [2.24, 2.45) is 29.8 Å². The predicted molar refractivity (Wildman–Crippen MR) is 98.7 cm³/mol. The van der Waals surface area contributed by atoms with Gasteiger partial charge >= 0.3 is 0 Å². The minimum absolute atomic E-state index is 0.514. The molecule has 1 unspecified atom stereocenters. The topological polar surface area (TPSA) is 203 Å². The Morgan fingerprint density at radius 3 is 2.00 bits per heavy atom. The van der Waals surface area contributed by atoms with Gasteiger partial charge in [-0.05, 0) is 5.41 Å². The van der Waals surface area contributed by atoms with Crippen molar-refractivity contribution in [3.8, 4) is 0 Å². The second-order valence-electron chi connectivity index (χ2n) is 7.26. The van der Waals surface area contributed by atoms with Gasteiger partial charge in [-0.15, -0.1) is 4.68 Å². The third-order valence-corrected chi connectivity index (χ3v) is 4.01. The molecular formula is C14H18N10O6. The first-order valence-corrected chi connectivity index (χ1v) is 8.32. The van der Waals surface area contributed by atoms with Crippen LogP contribution >= 0.6 is 0 Å². The minimum Gasteiger partial charge on any atom is -0.367 e. The number of hydrogen-bond acceptors (Lipinski definition) is 10. The maximum atomic E-state index is 11.3. The van der Waals surface area contributed by atoms with Crippen LogP contribution in [0.2, 0.25) is 0 Å². The van der Waals surface area contributed by atoms with Crippen molar-refractivity contribution in [2.75, 3.05) is 0 Å². The van der Waals surface area contributed by atoms with E-state index in [1.54, 1.807) is 14.1 Å². The molecule has 0 aliphatic heterocycles. The average molecular weight is 422 g/mol. The van der Waals surface area contributed by atoms with Crippen LogP contribution in [0.4, 0.5) is 22.7 Å². The lowest BCUT2D eigenvalue weighted by Crippen LogP contribution is -2.39. The third kappa shape index (κ3) is 4.47. The van der Waals surface area contributed by atoms with Crippen molar-refractivity contribution in [2.45, 2.75) is 26.8 Å². The Morgan fingerprint density at radius 1 is 1.10 bits per heavy atom. The van der Waals surface area contributed by atoms with Crippen LogP contribution in [0.15, 0.2) is 22.5 Å². The summed E-state index contributed by atoms with van der Waals surface area (Å²) >= 11 is 0. The summed E-state index contributed by atoms with van der Waals surface area (Å²) in [5.41, 5.74) is 0.120. The first-order chi connectivity index (χ1) is 13.8. The van der Waals surface area contributed by atoms with Crippen LogP contribution < -0.4 is 4.68 Å². The van der Waals surface area contributed by atoms with Gasteiger partial charge in [0.1, 0.15) is 10.9 Å². The molecule has 0 saturated carbocycles. The number of benzene rings is 1. The molecule has 160 valence electrons. The van der Waals surface area contributed by atoms with E-state index in [1.807, 2.05) is 20.8 Å². The van der Waals surface area contributed by atoms with Crippen LogP contribution in [0.3, 0.4) is 0 Å². The van der Waals surface area contributed by atoms with Crippen molar-refractivity contribution in [1.82, 2.24) is 15.1 Å². The molecule has 0 amide bonds. The lowest BCUT2D eigenvalue weighted by molar-refractivity contribution is -0.740. The smallest absolute Gasteiger partial charge is 0.287 e. The maximum absolute atomic E-state index is 11.3. The Labute approximate surface area is 168 Å². The molecule has 0 radical (unpaired) electrons. The van der Waals surface area contributed by atoms with Crippen LogP contribution in [0.25, 0.3) is 5.43 Å². The van der Waals surface area contributed by atoms with Crippen LogP contribution in [-0.2, 0) is 14.1 Å². The van der Waals surface area contributed by atoms with Gasteiger partial charge < -0.3 is 10.5 Å². The molecule has 1 aromatic carbocycles. The lowest BCUT2D eigenvalue weighted by Gasteiger charge is -2.31. The highest BCUT2D eigenvalue weighted by atomic mass is 16.6. The Bertz CT molecular complexity index is 986. The van der Waals surface area contributed by atoms with E-state index in [0.717, 1.165) is 0 Å². The van der Waals surface area contributed by atoms with Gasteiger partial charge in [0.05, 0.1) is 47.0 Å². The number of non-ortho nitro benzene ring substituents is 1. The Hall–Kier alpha value is -4.11. The van der Waals surface area contributed by atoms with E-state index in [4.69, 9.17) is 0 Å². The lowest BCUT2D eigenvalue weighted by atomic mass is 9.86. The average Bonchev–Trinajstić information content (AvgIpc) is 2.95. The minimum atomic E-state index is -1.01. The Kier molecular flexibility index (Phi) is 5.99. The van der Waals surface area contributed by atoms with Gasteiger partial charge in [-0.3, -0.25) is 35.6 Å². The second kappa shape index (κ2) is 8.10. The zero-order valence-electron chi connectivity index (χ0n) is 16.7. The molecule has 2 rings (SSSR count). The quantitative estimate of drug-likeness (QED) is 0.280. The summed E-state index contributed by atoms with van der Waals surface area (Å²) in [5.74, 6) is 0.536. The fourth-order valence-electron chi connectivity index (χ4n) is 2.59. The molecule has 0 bridgehead atoms.